The van der Waals surface area contributed by atoms with Gasteiger partial charge in [-0.15, -0.1) is 0 Å². The average molecular weight is 215 g/mol. The molecule has 6 heteroatoms. The number of likely N-dealkylation sites (tertiary alicyclic amines) is 1. The summed E-state index contributed by atoms with van der Waals surface area (Å²) in [7, 11) is 1.47. The number of hydrogen-bond donors (Lipinski definition) is 2. The molecule has 1 saturated heterocycles. The van der Waals surface area contributed by atoms with E-state index in [1.165, 1.54) is 7.11 Å². The number of ether oxygens (including phenoxy) is 1. The monoisotopic (exact) mass is 215 g/mol. The lowest BCUT2D eigenvalue weighted by molar-refractivity contribution is -0.137. The molecule has 0 aromatic heterocycles. The molecule has 1 aliphatic rings. The number of amidine groups is 1. The SMILES string of the molecule is COCC(=O)N1CCCCC1C(N)=NO. The zero-order valence-corrected chi connectivity index (χ0v) is 8.85. The fourth-order valence-electron chi connectivity index (χ4n) is 1.81. The Morgan fingerprint density at radius 2 is 2.40 bits per heavy atom. The molecular weight excluding hydrogens is 198 g/mol. The van der Waals surface area contributed by atoms with Crippen molar-refractivity contribution in [2.45, 2.75) is 25.3 Å². The number of carbonyl (C=O) groups is 1. The Morgan fingerprint density at radius 1 is 1.67 bits per heavy atom. The molecule has 0 aromatic rings. The molecule has 0 spiro atoms. The Balaban J connectivity index is 2.69. The second-order valence-electron chi connectivity index (χ2n) is 3.56. The van der Waals surface area contributed by atoms with Crippen LogP contribution in [0.4, 0.5) is 0 Å². The molecule has 1 unspecified atom stereocenters. The maximum Gasteiger partial charge on any atom is 0.249 e. The summed E-state index contributed by atoms with van der Waals surface area (Å²) in [6.45, 7) is 0.679. The second kappa shape index (κ2) is 5.55. The Morgan fingerprint density at radius 3 is 3.00 bits per heavy atom. The molecule has 6 nitrogen and oxygen atoms in total. The van der Waals surface area contributed by atoms with E-state index in [1.807, 2.05) is 0 Å². The van der Waals surface area contributed by atoms with Gasteiger partial charge in [0.05, 0.1) is 6.04 Å². The van der Waals surface area contributed by atoms with Crippen LogP contribution in [-0.4, -0.2) is 48.2 Å². The summed E-state index contributed by atoms with van der Waals surface area (Å²) in [4.78, 5) is 13.3. The number of methoxy groups -OCH3 is 1. The van der Waals surface area contributed by atoms with Gasteiger partial charge in [-0.05, 0) is 19.3 Å². The summed E-state index contributed by atoms with van der Waals surface area (Å²) in [5, 5.41) is 11.6. The molecule has 86 valence electrons. The minimum Gasteiger partial charge on any atom is -0.409 e. The van der Waals surface area contributed by atoms with Gasteiger partial charge in [-0.3, -0.25) is 4.79 Å². The van der Waals surface area contributed by atoms with Crippen molar-refractivity contribution in [3.05, 3.63) is 0 Å². The van der Waals surface area contributed by atoms with E-state index in [0.717, 1.165) is 19.3 Å². The summed E-state index contributed by atoms with van der Waals surface area (Å²) in [5.41, 5.74) is 5.54. The molecule has 0 aromatic carbocycles. The maximum absolute atomic E-state index is 11.6. The van der Waals surface area contributed by atoms with Gasteiger partial charge in [-0.25, -0.2) is 0 Å². The van der Waals surface area contributed by atoms with Gasteiger partial charge in [0, 0.05) is 13.7 Å². The molecule has 3 N–H and O–H groups in total. The van der Waals surface area contributed by atoms with E-state index < -0.39 is 0 Å². The first-order valence-corrected chi connectivity index (χ1v) is 4.96. The number of nitrogens with two attached hydrogens (primary N) is 1. The normalized spacial score (nSPS) is 22.9. The van der Waals surface area contributed by atoms with Crippen LogP contribution in [-0.2, 0) is 9.53 Å². The zero-order chi connectivity index (χ0) is 11.3. The Kier molecular flexibility index (Phi) is 4.36. The summed E-state index contributed by atoms with van der Waals surface area (Å²) in [5.74, 6) is -0.0204. The molecule has 1 heterocycles. The molecule has 0 saturated carbocycles. The minimum absolute atomic E-state index is 0.0369. The fourth-order valence-corrected chi connectivity index (χ4v) is 1.81. The van der Waals surface area contributed by atoms with Crippen LogP contribution in [0, 0.1) is 0 Å². The number of amides is 1. The van der Waals surface area contributed by atoms with Gasteiger partial charge >= 0.3 is 0 Å². The third kappa shape index (κ3) is 2.82. The maximum atomic E-state index is 11.6. The van der Waals surface area contributed by atoms with Crippen molar-refractivity contribution in [2.75, 3.05) is 20.3 Å². The highest BCUT2D eigenvalue weighted by Gasteiger charge is 2.29. The van der Waals surface area contributed by atoms with E-state index in [-0.39, 0.29) is 24.4 Å². The van der Waals surface area contributed by atoms with Crippen LogP contribution in [0.25, 0.3) is 0 Å². The molecule has 1 rings (SSSR count). The highest BCUT2D eigenvalue weighted by atomic mass is 16.5. The lowest BCUT2D eigenvalue weighted by atomic mass is 10.0. The fraction of sp³-hybridized carbons (Fsp3) is 0.778. The van der Waals surface area contributed by atoms with Crippen molar-refractivity contribution < 1.29 is 14.7 Å². The van der Waals surface area contributed by atoms with Crippen molar-refractivity contribution in [3.63, 3.8) is 0 Å². The first-order chi connectivity index (χ1) is 7.20. The van der Waals surface area contributed by atoms with Crippen LogP contribution in [0.3, 0.4) is 0 Å². The van der Waals surface area contributed by atoms with E-state index >= 15 is 0 Å². The summed E-state index contributed by atoms with van der Waals surface area (Å²) < 4.78 is 4.78. The van der Waals surface area contributed by atoms with Crippen molar-refractivity contribution in [1.29, 1.82) is 0 Å². The number of nitrogens with zero attached hydrogens (tertiary/aromatic N) is 2. The molecular formula is C9H17N3O3. The molecule has 1 atom stereocenters. The first kappa shape index (κ1) is 11.8. The minimum atomic E-state index is -0.286. The average Bonchev–Trinajstić information content (AvgIpc) is 2.28. The lowest BCUT2D eigenvalue weighted by Gasteiger charge is -2.34. The van der Waals surface area contributed by atoms with Crippen LogP contribution in [0.5, 0.6) is 0 Å². The highest BCUT2D eigenvalue weighted by molar-refractivity contribution is 5.90. The van der Waals surface area contributed by atoms with Gasteiger partial charge in [-0.2, -0.15) is 0 Å². The van der Waals surface area contributed by atoms with Crippen molar-refractivity contribution in [3.8, 4) is 0 Å². The van der Waals surface area contributed by atoms with Gasteiger partial charge in [0.15, 0.2) is 5.84 Å². The van der Waals surface area contributed by atoms with E-state index in [4.69, 9.17) is 15.7 Å². The van der Waals surface area contributed by atoms with E-state index in [9.17, 15) is 4.79 Å². The highest BCUT2D eigenvalue weighted by Crippen LogP contribution is 2.17. The van der Waals surface area contributed by atoms with Crippen LogP contribution in [0.2, 0.25) is 0 Å². The first-order valence-electron chi connectivity index (χ1n) is 4.96. The van der Waals surface area contributed by atoms with Crippen molar-refractivity contribution >= 4 is 11.7 Å². The zero-order valence-electron chi connectivity index (χ0n) is 8.85. The lowest BCUT2D eigenvalue weighted by Crippen LogP contribution is -2.51. The second-order valence-corrected chi connectivity index (χ2v) is 3.56. The Bertz CT molecular complexity index is 255. The van der Waals surface area contributed by atoms with Crippen LogP contribution in [0.15, 0.2) is 5.16 Å². The number of carbonyl (C=O) groups excluding carboxylic acids is 1. The van der Waals surface area contributed by atoms with Crippen LogP contribution >= 0.6 is 0 Å². The number of rotatable bonds is 3. The molecule has 0 bridgehead atoms. The molecule has 1 fully saturated rings. The standard InChI is InChI=1S/C9H17N3O3/c1-15-6-8(13)12-5-3-2-4-7(12)9(10)11-14/h7,14H,2-6H2,1H3,(H2,10,11). The molecule has 1 aliphatic heterocycles. The van der Waals surface area contributed by atoms with Crippen LogP contribution < -0.4 is 5.73 Å². The third-order valence-electron chi connectivity index (χ3n) is 2.55. The summed E-state index contributed by atoms with van der Waals surface area (Å²) in [6.07, 6.45) is 2.67. The smallest absolute Gasteiger partial charge is 0.249 e. The molecule has 0 radical (unpaired) electrons. The van der Waals surface area contributed by atoms with Gasteiger partial charge in [0.25, 0.3) is 0 Å². The van der Waals surface area contributed by atoms with Crippen molar-refractivity contribution in [2.24, 2.45) is 10.9 Å². The number of oxime groups is 1. The number of piperidine rings is 1. The largest absolute Gasteiger partial charge is 0.409 e. The molecule has 15 heavy (non-hydrogen) atoms. The van der Waals surface area contributed by atoms with E-state index in [0.29, 0.717) is 6.54 Å². The summed E-state index contributed by atoms with van der Waals surface area (Å²) >= 11 is 0. The summed E-state index contributed by atoms with van der Waals surface area (Å²) in [6, 6.07) is -0.286. The molecule has 0 aliphatic carbocycles. The van der Waals surface area contributed by atoms with E-state index in [2.05, 4.69) is 5.16 Å². The Labute approximate surface area is 88.7 Å². The predicted molar refractivity (Wildman–Crippen MR) is 54.6 cm³/mol. The van der Waals surface area contributed by atoms with Gasteiger partial charge in [0.2, 0.25) is 5.91 Å². The van der Waals surface area contributed by atoms with E-state index in [1.54, 1.807) is 4.90 Å². The Hall–Kier alpha value is -1.30. The number of hydrogen-bond acceptors (Lipinski definition) is 4. The van der Waals surface area contributed by atoms with Gasteiger partial charge < -0.3 is 20.6 Å². The third-order valence-corrected chi connectivity index (χ3v) is 2.55. The topological polar surface area (TPSA) is 88.2 Å². The van der Waals surface area contributed by atoms with Crippen molar-refractivity contribution in [1.82, 2.24) is 4.90 Å². The quantitative estimate of drug-likeness (QED) is 0.294. The van der Waals surface area contributed by atoms with Gasteiger partial charge in [0.1, 0.15) is 6.61 Å². The van der Waals surface area contributed by atoms with Crippen LogP contribution in [0.1, 0.15) is 19.3 Å². The predicted octanol–water partition coefficient (Wildman–Crippen LogP) is -0.240. The van der Waals surface area contributed by atoms with Gasteiger partial charge in [-0.1, -0.05) is 5.16 Å². The molecule has 1 amide bonds.